The van der Waals surface area contributed by atoms with Crippen LogP contribution >= 0.6 is 0 Å². The third kappa shape index (κ3) is 13.0. The molecule has 15 nitrogen and oxygen atoms in total. The molecule has 3 N–H and O–H groups in total. The molecule has 0 radical (unpaired) electrons. The van der Waals surface area contributed by atoms with Crippen molar-refractivity contribution in [1.29, 1.82) is 0 Å². The van der Waals surface area contributed by atoms with Crippen molar-refractivity contribution in [2.45, 2.75) is 103 Å². The number of rotatable bonds is 22. The van der Waals surface area contributed by atoms with Gasteiger partial charge < -0.3 is 44.9 Å². The summed E-state index contributed by atoms with van der Waals surface area (Å²) in [5, 5.41) is 8.36. The van der Waals surface area contributed by atoms with Crippen LogP contribution in [0.2, 0.25) is 0 Å². The fourth-order valence-electron chi connectivity index (χ4n) is 7.56. The van der Waals surface area contributed by atoms with Gasteiger partial charge in [-0.25, -0.2) is 4.79 Å². The highest BCUT2D eigenvalue weighted by Gasteiger charge is 2.42. The molecule has 0 aromatic heterocycles. The molecular weight excluding hydrogens is 708 g/mol. The maximum absolute atomic E-state index is 14.1. The van der Waals surface area contributed by atoms with Gasteiger partial charge in [0.25, 0.3) is 0 Å². The highest BCUT2D eigenvalue weighted by Crippen LogP contribution is 2.29. The van der Waals surface area contributed by atoms with Crippen molar-refractivity contribution >= 4 is 35.5 Å². The molecule has 310 valence electrons. The van der Waals surface area contributed by atoms with Crippen molar-refractivity contribution in [1.82, 2.24) is 30.7 Å². The Balaban J connectivity index is 2.19. The summed E-state index contributed by atoms with van der Waals surface area (Å²) in [5.74, 6) is -3.18. The number of methoxy groups -OCH3 is 3. The molecule has 2 rings (SSSR count). The van der Waals surface area contributed by atoms with Gasteiger partial charge in [0.2, 0.25) is 29.5 Å². The number of carbonyl (C=O) groups is 6. The van der Waals surface area contributed by atoms with Gasteiger partial charge in [-0.1, -0.05) is 71.4 Å². The summed E-state index contributed by atoms with van der Waals surface area (Å²) in [6.45, 7) is 9.62. The average Bonchev–Trinajstić information content (AvgIpc) is 3.66. The van der Waals surface area contributed by atoms with Crippen LogP contribution in [-0.2, 0) is 49.4 Å². The summed E-state index contributed by atoms with van der Waals surface area (Å²) in [4.78, 5) is 84.4. The number of nitrogens with one attached hydrogen (secondary N) is 3. The minimum absolute atomic E-state index is 0.0295. The van der Waals surface area contributed by atoms with Crippen molar-refractivity contribution in [3.05, 3.63) is 35.9 Å². The normalized spacial score (nSPS) is 18.0. The van der Waals surface area contributed by atoms with E-state index in [1.54, 1.807) is 33.0 Å². The van der Waals surface area contributed by atoms with Gasteiger partial charge in [0, 0.05) is 41.3 Å². The van der Waals surface area contributed by atoms with Crippen molar-refractivity contribution in [2.75, 3.05) is 62.1 Å². The van der Waals surface area contributed by atoms with Crippen LogP contribution in [0.25, 0.3) is 0 Å². The lowest BCUT2D eigenvalue weighted by atomic mass is 9.90. The first-order valence-corrected chi connectivity index (χ1v) is 19.3. The Morgan fingerprint density at radius 3 is 2.07 bits per heavy atom. The zero-order valence-corrected chi connectivity index (χ0v) is 34.8. The molecule has 0 saturated carbocycles. The van der Waals surface area contributed by atoms with Crippen LogP contribution in [0.3, 0.4) is 0 Å². The molecule has 55 heavy (non-hydrogen) atoms. The Kier molecular flexibility index (Phi) is 19.8. The Morgan fingerprint density at radius 1 is 0.891 bits per heavy atom. The topological polar surface area (TPSA) is 176 Å². The summed E-state index contributed by atoms with van der Waals surface area (Å²) in [7, 11) is 9.16. The quantitative estimate of drug-likeness (QED) is 0.147. The number of esters is 1. The van der Waals surface area contributed by atoms with E-state index in [-0.39, 0.29) is 55.5 Å². The number of hydrogen-bond acceptors (Lipinski definition) is 10. The van der Waals surface area contributed by atoms with E-state index in [9.17, 15) is 28.8 Å². The van der Waals surface area contributed by atoms with Crippen molar-refractivity contribution in [3.8, 4) is 0 Å². The van der Waals surface area contributed by atoms with Crippen molar-refractivity contribution in [2.24, 2.45) is 17.8 Å². The van der Waals surface area contributed by atoms with E-state index in [1.807, 2.05) is 58.0 Å². The van der Waals surface area contributed by atoms with E-state index in [0.717, 1.165) is 5.56 Å². The number of nitrogens with zero attached hydrogens (tertiary/aromatic N) is 3. The Hall–Kier alpha value is -4.08. The van der Waals surface area contributed by atoms with Crippen molar-refractivity contribution in [3.63, 3.8) is 0 Å². The molecule has 15 heteroatoms. The molecule has 1 saturated heterocycles. The van der Waals surface area contributed by atoms with Gasteiger partial charge in [-0.05, 0) is 37.3 Å². The summed E-state index contributed by atoms with van der Waals surface area (Å²) in [6.07, 6.45) is 0.900. The maximum Gasteiger partial charge on any atom is 0.328 e. The molecule has 5 amide bonds. The molecule has 1 aliphatic rings. The lowest BCUT2D eigenvalue weighted by molar-refractivity contribution is -0.148. The largest absolute Gasteiger partial charge is 0.467 e. The van der Waals surface area contributed by atoms with Crippen LogP contribution in [0, 0.1) is 17.8 Å². The van der Waals surface area contributed by atoms with Crippen LogP contribution < -0.4 is 16.0 Å². The number of likely N-dealkylation sites (N-methyl/N-ethyl adjacent to an activating group) is 3. The fraction of sp³-hybridized carbons (Fsp3) is 0.700. The van der Waals surface area contributed by atoms with E-state index in [1.165, 1.54) is 31.1 Å². The molecule has 1 aromatic carbocycles. The highest BCUT2D eigenvalue weighted by atomic mass is 16.5. The Bertz CT molecular complexity index is 1410. The summed E-state index contributed by atoms with van der Waals surface area (Å²) < 4.78 is 16.8. The van der Waals surface area contributed by atoms with Gasteiger partial charge in [0.15, 0.2) is 0 Å². The molecule has 8 unspecified atom stereocenters. The van der Waals surface area contributed by atoms with E-state index in [4.69, 9.17) is 14.2 Å². The van der Waals surface area contributed by atoms with E-state index in [0.29, 0.717) is 25.8 Å². The first-order valence-electron chi connectivity index (χ1n) is 19.3. The molecule has 8 atom stereocenters. The minimum Gasteiger partial charge on any atom is -0.467 e. The monoisotopic (exact) mass is 774 g/mol. The Labute approximate surface area is 327 Å². The fourth-order valence-corrected chi connectivity index (χ4v) is 7.56. The van der Waals surface area contributed by atoms with Crippen LogP contribution in [0.15, 0.2) is 30.3 Å². The minimum atomic E-state index is -0.903. The first-order chi connectivity index (χ1) is 26.1. The van der Waals surface area contributed by atoms with Gasteiger partial charge in [-0.2, -0.15) is 0 Å². The van der Waals surface area contributed by atoms with Crippen LogP contribution in [0.4, 0.5) is 0 Å². The zero-order chi connectivity index (χ0) is 41.4. The summed E-state index contributed by atoms with van der Waals surface area (Å²) in [6, 6.07) is 6.74. The third-order valence-electron chi connectivity index (χ3n) is 10.8. The number of benzene rings is 1. The molecule has 1 fully saturated rings. The molecule has 0 spiro atoms. The summed E-state index contributed by atoms with van der Waals surface area (Å²) in [5.41, 5.74) is 0.864. The number of hydrogen-bond donors (Lipinski definition) is 3. The van der Waals surface area contributed by atoms with Crippen LogP contribution in [0.1, 0.15) is 65.9 Å². The smallest absolute Gasteiger partial charge is 0.328 e. The van der Waals surface area contributed by atoms with Crippen LogP contribution in [-0.4, -0.2) is 149 Å². The van der Waals surface area contributed by atoms with Crippen molar-refractivity contribution < 1.29 is 43.0 Å². The maximum atomic E-state index is 14.1. The van der Waals surface area contributed by atoms with Gasteiger partial charge in [-0.3, -0.25) is 24.0 Å². The predicted octanol–water partition coefficient (Wildman–Crippen LogP) is 1.63. The number of likely N-dealkylation sites (tertiary alicyclic amines) is 1. The molecule has 1 aliphatic heterocycles. The van der Waals surface area contributed by atoms with Crippen LogP contribution in [0.5, 0.6) is 0 Å². The first kappa shape index (κ1) is 47.1. The molecule has 1 aromatic rings. The van der Waals surface area contributed by atoms with E-state index in [2.05, 4.69) is 16.0 Å². The van der Waals surface area contributed by atoms with Gasteiger partial charge in [-0.15, -0.1) is 0 Å². The lowest BCUT2D eigenvalue weighted by Crippen LogP contribution is -2.56. The van der Waals surface area contributed by atoms with Gasteiger partial charge in [0.05, 0.1) is 56.8 Å². The predicted molar refractivity (Wildman–Crippen MR) is 209 cm³/mol. The number of carbonyl (C=O) groups excluding carboxylic acids is 6. The SMILES string of the molecule is CCC(C)C(C(CC(=O)N1CCCC1C(OC)C(C)C(=O)NC(Cc1ccccc1)C(=O)OC)OC)N(C)C(=O)CNC(=O)C(C(C)C)N(C)C(=O)CNC. The highest BCUT2D eigenvalue weighted by molar-refractivity contribution is 5.91. The molecule has 1 heterocycles. The number of ether oxygens (including phenoxy) is 3. The third-order valence-corrected chi connectivity index (χ3v) is 10.8. The second-order valence-electron chi connectivity index (χ2n) is 14.9. The Morgan fingerprint density at radius 2 is 1.53 bits per heavy atom. The number of amides is 5. The second kappa shape index (κ2) is 23.1. The second-order valence-corrected chi connectivity index (χ2v) is 14.9. The van der Waals surface area contributed by atoms with Gasteiger partial charge in [0.1, 0.15) is 12.1 Å². The standard InChI is InChI=1S/C40H66N6O9/c1-12-26(4)36(45(8)34(49)24-42-39(51)35(25(2)3)44(7)33(48)23-41-6)31(53-9)22-32(47)46-20-16-19-30(46)37(54-10)27(5)38(50)43-29(40(52)55-11)21-28-17-14-13-15-18-28/h13-15,17-18,25-27,29-31,35-37,41H,12,16,19-24H2,1-11H3,(H,42,51)(H,43,50). The average molecular weight is 775 g/mol. The lowest BCUT2D eigenvalue weighted by Gasteiger charge is -2.39. The van der Waals surface area contributed by atoms with E-state index >= 15 is 0 Å². The molecule has 0 aliphatic carbocycles. The molecular formula is C40H66N6O9. The van der Waals surface area contributed by atoms with Gasteiger partial charge >= 0.3 is 5.97 Å². The molecule has 0 bridgehead atoms. The van der Waals surface area contributed by atoms with E-state index < -0.39 is 60.1 Å². The summed E-state index contributed by atoms with van der Waals surface area (Å²) >= 11 is 0. The zero-order valence-electron chi connectivity index (χ0n) is 34.8.